The van der Waals surface area contributed by atoms with Crippen molar-refractivity contribution < 1.29 is 9.53 Å². The molecule has 0 radical (unpaired) electrons. The first kappa shape index (κ1) is 11.9. The number of hydrogen-bond donors (Lipinski definition) is 1. The van der Waals surface area contributed by atoms with E-state index in [0.717, 1.165) is 0 Å². The maximum absolute atomic E-state index is 11.3. The van der Waals surface area contributed by atoms with Crippen molar-refractivity contribution >= 4 is 23.2 Å². The molecule has 0 aliphatic heterocycles. The number of carbonyl (C=O) groups is 1. The Kier molecular flexibility index (Phi) is 4.98. The molecule has 1 rings (SSSR count). The van der Waals surface area contributed by atoms with E-state index < -0.39 is 0 Å². The van der Waals surface area contributed by atoms with Gasteiger partial charge in [0, 0.05) is 12.3 Å². The molecular formula is C11H14ClNO2. The van der Waals surface area contributed by atoms with Crippen LogP contribution in [0.5, 0.6) is 5.75 Å². The predicted octanol–water partition coefficient (Wildman–Crippen LogP) is 2.65. The summed E-state index contributed by atoms with van der Waals surface area (Å²) in [5, 5.41) is 2.75. The zero-order valence-corrected chi connectivity index (χ0v) is 9.38. The van der Waals surface area contributed by atoms with Gasteiger partial charge in [0.2, 0.25) is 5.91 Å². The molecule has 0 fully saturated rings. The molecule has 15 heavy (non-hydrogen) atoms. The standard InChI is InChI=1S/C11H14ClNO2/c1-2-15-10-6-4-3-5-9(10)13-11(14)7-8-12/h3-6H,2,7-8H2,1H3,(H,13,14). The van der Waals surface area contributed by atoms with Crippen LogP contribution < -0.4 is 10.1 Å². The summed E-state index contributed by atoms with van der Waals surface area (Å²) >= 11 is 5.47. The summed E-state index contributed by atoms with van der Waals surface area (Å²) in [6.07, 6.45) is 0.308. The highest BCUT2D eigenvalue weighted by atomic mass is 35.5. The highest BCUT2D eigenvalue weighted by Crippen LogP contribution is 2.23. The number of carbonyl (C=O) groups excluding carboxylic acids is 1. The molecule has 0 aliphatic carbocycles. The Labute approximate surface area is 94.4 Å². The minimum Gasteiger partial charge on any atom is -0.492 e. The number of amides is 1. The summed E-state index contributed by atoms with van der Waals surface area (Å²) < 4.78 is 5.37. The SMILES string of the molecule is CCOc1ccccc1NC(=O)CCCl. The van der Waals surface area contributed by atoms with Crippen molar-refractivity contribution in [2.75, 3.05) is 17.8 Å². The fraction of sp³-hybridized carbons (Fsp3) is 0.364. The van der Waals surface area contributed by atoms with Crippen LogP contribution in [-0.4, -0.2) is 18.4 Å². The molecule has 82 valence electrons. The summed E-state index contributed by atoms with van der Waals surface area (Å²) in [6, 6.07) is 7.33. The van der Waals surface area contributed by atoms with Gasteiger partial charge in [0.1, 0.15) is 5.75 Å². The van der Waals surface area contributed by atoms with Crippen LogP contribution in [0, 0.1) is 0 Å². The van der Waals surface area contributed by atoms with Crippen LogP contribution in [0.3, 0.4) is 0 Å². The van der Waals surface area contributed by atoms with Crippen LogP contribution in [0.15, 0.2) is 24.3 Å². The second-order valence-electron chi connectivity index (χ2n) is 2.92. The minimum atomic E-state index is -0.0999. The van der Waals surface area contributed by atoms with E-state index in [4.69, 9.17) is 16.3 Å². The second-order valence-corrected chi connectivity index (χ2v) is 3.29. The van der Waals surface area contributed by atoms with E-state index in [2.05, 4.69) is 5.32 Å². The van der Waals surface area contributed by atoms with Gasteiger partial charge in [0.25, 0.3) is 0 Å². The quantitative estimate of drug-likeness (QED) is 0.786. The van der Waals surface area contributed by atoms with Crippen LogP contribution in [0.4, 0.5) is 5.69 Å². The first-order valence-corrected chi connectivity index (χ1v) is 5.39. The number of alkyl halides is 1. The summed E-state index contributed by atoms with van der Waals surface area (Å²) in [6.45, 7) is 2.47. The maximum atomic E-state index is 11.3. The molecule has 1 N–H and O–H groups in total. The number of para-hydroxylation sites is 2. The van der Waals surface area contributed by atoms with E-state index in [-0.39, 0.29) is 5.91 Å². The topological polar surface area (TPSA) is 38.3 Å². The molecule has 0 atom stereocenters. The second kappa shape index (κ2) is 6.30. The fourth-order valence-electron chi connectivity index (χ4n) is 1.15. The Morgan fingerprint density at radius 1 is 1.47 bits per heavy atom. The van der Waals surface area contributed by atoms with E-state index in [1.54, 1.807) is 6.07 Å². The number of halogens is 1. The smallest absolute Gasteiger partial charge is 0.225 e. The summed E-state index contributed by atoms with van der Waals surface area (Å²) in [4.78, 5) is 11.3. The fourth-order valence-corrected chi connectivity index (χ4v) is 1.32. The number of ether oxygens (including phenoxy) is 1. The van der Waals surface area contributed by atoms with Crippen LogP contribution in [0.1, 0.15) is 13.3 Å². The molecular weight excluding hydrogens is 214 g/mol. The molecule has 0 heterocycles. The lowest BCUT2D eigenvalue weighted by Gasteiger charge is -2.10. The molecule has 1 aromatic carbocycles. The zero-order chi connectivity index (χ0) is 11.1. The average molecular weight is 228 g/mol. The Morgan fingerprint density at radius 3 is 2.87 bits per heavy atom. The Hall–Kier alpha value is -1.22. The lowest BCUT2D eigenvalue weighted by molar-refractivity contribution is -0.115. The molecule has 0 spiro atoms. The van der Waals surface area contributed by atoms with Gasteiger partial charge in [-0.05, 0) is 19.1 Å². The molecule has 0 aromatic heterocycles. The predicted molar refractivity (Wildman–Crippen MR) is 61.6 cm³/mol. The molecule has 0 saturated carbocycles. The van der Waals surface area contributed by atoms with Crippen LogP contribution >= 0.6 is 11.6 Å². The number of benzene rings is 1. The molecule has 0 aliphatic rings. The van der Waals surface area contributed by atoms with Gasteiger partial charge in [-0.1, -0.05) is 12.1 Å². The first-order valence-electron chi connectivity index (χ1n) is 4.85. The number of anilines is 1. The van der Waals surface area contributed by atoms with Gasteiger partial charge in [0.05, 0.1) is 12.3 Å². The van der Waals surface area contributed by atoms with E-state index in [9.17, 15) is 4.79 Å². The van der Waals surface area contributed by atoms with Gasteiger partial charge in [-0.25, -0.2) is 0 Å². The van der Waals surface area contributed by atoms with E-state index in [1.165, 1.54) is 0 Å². The number of hydrogen-bond acceptors (Lipinski definition) is 2. The average Bonchev–Trinajstić information content (AvgIpc) is 2.21. The van der Waals surface area contributed by atoms with Crippen molar-refractivity contribution in [1.82, 2.24) is 0 Å². The molecule has 0 bridgehead atoms. The van der Waals surface area contributed by atoms with Crippen LogP contribution in [0.2, 0.25) is 0 Å². The molecule has 0 saturated heterocycles. The monoisotopic (exact) mass is 227 g/mol. The Bertz CT molecular complexity index is 328. The molecule has 1 amide bonds. The largest absolute Gasteiger partial charge is 0.492 e. The first-order chi connectivity index (χ1) is 7.27. The zero-order valence-electron chi connectivity index (χ0n) is 8.63. The van der Waals surface area contributed by atoms with Crippen LogP contribution in [-0.2, 0) is 4.79 Å². The molecule has 3 nitrogen and oxygen atoms in total. The Balaban J connectivity index is 2.70. The number of nitrogens with one attached hydrogen (secondary N) is 1. The van der Waals surface area contributed by atoms with Gasteiger partial charge in [-0.2, -0.15) is 0 Å². The minimum absolute atomic E-state index is 0.0999. The lowest BCUT2D eigenvalue weighted by Crippen LogP contribution is -2.12. The van der Waals surface area contributed by atoms with Crippen molar-refractivity contribution in [2.24, 2.45) is 0 Å². The summed E-state index contributed by atoms with van der Waals surface area (Å²) in [5.74, 6) is 0.905. The van der Waals surface area contributed by atoms with Crippen molar-refractivity contribution in [1.29, 1.82) is 0 Å². The number of rotatable bonds is 5. The third-order valence-corrected chi connectivity index (χ3v) is 1.97. The van der Waals surface area contributed by atoms with Crippen molar-refractivity contribution in [3.05, 3.63) is 24.3 Å². The molecule has 1 aromatic rings. The molecule has 0 unspecified atom stereocenters. The summed E-state index contributed by atoms with van der Waals surface area (Å²) in [5.41, 5.74) is 0.689. The van der Waals surface area contributed by atoms with E-state index in [0.29, 0.717) is 30.3 Å². The Morgan fingerprint density at radius 2 is 2.20 bits per heavy atom. The van der Waals surface area contributed by atoms with Gasteiger partial charge in [0.15, 0.2) is 0 Å². The summed E-state index contributed by atoms with van der Waals surface area (Å²) in [7, 11) is 0. The highest BCUT2D eigenvalue weighted by Gasteiger charge is 2.05. The van der Waals surface area contributed by atoms with Gasteiger partial charge in [-0.15, -0.1) is 11.6 Å². The van der Waals surface area contributed by atoms with Gasteiger partial charge in [-0.3, -0.25) is 4.79 Å². The normalized spacial score (nSPS) is 9.73. The van der Waals surface area contributed by atoms with Crippen LogP contribution in [0.25, 0.3) is 0 Å². The van der Waals surface area contributed by atoms with Gasteiger partial charge < -0.3 is 10.1 Å². The third kappa shape index (κ3) is 3.80. The van der Waals surface area contributed by atoms with E-state index >= 15 is 0 Å². The third-order valence-electron chi connectivity index (χ3n) is 1.78. The van der Waals surface area contributed by atoms with Crippen molar-refractivity contribution in [3.8, 4) is 5.75 Å². The van der Waals surface area contributed by atoms with Crippen molar-refractivity contribution in [3.63, 3.8) is 0 Å². The lowest BCUT2D eigenvalue weighted by atomic mass is 10.3. The molecule has 4 heteroatoms. The highest BCUT2D eigenvalue weighted by molar-refractivity contribution is 6.19. The maximum Gasteiger partial charge on any atom is 0.225 e. The van der Waals surface area contributed by atoms with Crippen molar-refractivity contribution in [2.45, 2.75) is 13.3 Å². The van der Waals surface area contributed by atoms with E-state index in [1.807, 2.05) is 25.1 Å². The van der Waals surface area contributed by atoms with Gasteiger partial charge >= 0.3 is 0 Å².